The van der Waals surface area contributed by atoms with Crippen molar-refractivity contribution in [2.24, 2.45) is 0 Å². The van der Waals surface area contributed by atoms with Crippen molar-refractivity contribution in [3.05, 3.63) is 39.7 Å². The second-order valence-corrected chi connectivity index (χ2v) is 6.77. The van der Waals surface area contributed by atoms with Crippen molar-refractivity contribution in [1.29, 1.82) is 0 Å². The van der Waals surface area contributed by atoms with Gasteiger partial charge in [0.25, 0.3) is 0 Å². The monoisotopic (exact) mass is 286 g/mol. The standard InChI is InChI=1S/C17H22N2S/c1-3-13-4-6-14(7-5-13)16-12(2)20-17(19-16)15-8-10-18-11-9-15/h4-7,15,18H,3,8-11H2,1-2H3. The average molecular weight is 286 g/mol. The van der Waals surface area contributed by atoms with Gasteiger partial charge in [-0.1, -0.05) is 31.2 Å². The summed E-state index contributed by atoms with van der Waals surface area (Å²) in [4.78, 5) is 6.30. The number of thiazole rings is 1. The second-order valence-electron chi connectivity index (χ2n) is 5.53. The first kappa shape index (κ1) is 13.8. The number of aryl methyl sites for hydroxylation is 2. The normalized spacial score (nSPS) is 16.5. The lowest BCUT2D eigenvalue weighted by molar-refractivity contribution is 0.459. The zero-order chi connectivity index (χ0) is 13.9. The van der Waals surface area contributed by atoms with Crippen LogP contribution < -0.4 is 5.32 Å². The third-order valence-electron chi connectivity index (χ3n) is 4.14. The predicted octanol–water partition coefficient (Wildman–Crippen LogP) is 4.15. The molecule has 2 nitrogen and oxygen atoms in total. The van der Waals surface area contributed by atoms with Crippen molar-refractivity contribution in [3.63, 3.8) is 0 Å². The summed E-state index contributed by atoms with van der Waals surface area (Å²) < 4.78 is 0. The molecule has 1 aliphatic heterocycles. The highest BCUT2D eigenvalue weighted by Crippen LogP contribution is 2.34. The molecule has 1 N–H and O–H groups in total. The van der Waals surface area contributed by atoms with Gasteiger partial charge in [0.2, 0.25) is 0 Å². The fourth-order valence-corrected chi connectivity index (χ4v) is 3.94. The number of aromatic nitrogens is 1. The van der Waals surface area contributed by atoms with Gasteiger partial charge in [-0.2, -0.15) is 0 Å². The lowest BCUT2D eigenvalue weighted by atomic mass is 9.99. The topological polar surface area (TPSA) is 24.9 Å². The molecule has 0 saturated carbocycles. The van der Waals surface area contributed by atoms with Crippen LogP contribution >= 0.6 is 11.3 Å². The Bertz CT molecular complexity index is 565. The molecule has 106 valence electrons. The molecule has 0 spiro atoms. The third kappa shape index (κ3) is 2.79. The maximum atomic E-state index is 4.95. The maximum absolute atomic E-state index is 4.95. The molecule has 0 aliphatic carbocycles. The minimum atomic E-state index is 0.656. The highest BCUT2D eigenvalue weighted by molar-refractivity contribution is 7.12. The van der Waals surface area contributed by atoms with E-state index in [4.69, 9.17) is 4.98 Å². The van der Waals surface area contributed by atoms with Gasteiger partial charge >= 0.3 is 0 Å². The maximum Gasteiger partial charge on any atom is 0.0967 e. The molecule has 1 fully saturated rings. The smallest absolute Gasteiger partial charge is 0.0967 e. The molecule has 1 aromatic carbocycles. The molecule has 0 amide bonds. The van der Waals surface area contributed by atoms with E-state index in [-0.39, 0.29) is 0 Å². The Morgan fingerprint density at radius 3 is 2.55 bits per heavy atom. The molecule has 0 bridgehead atoms. The van der Waals surface area contributed by atoms with Crippen LogP contribution in [0, 0.1) is 6.92 Å². The zero-order valence-electron chi connectivity index (χ0n) is 12.3. The Labute approximate surface area is 125 Å². The molecule has 0 atom stereocenters. The number of nitrogens with zero attached hydrogens (tertiary/aromatic N) is 1. The van der Waals surface area contributed by atoms with Gasteiger partial charge in [0.1, 0.15) is 0 Å². The number of rotatable bonds is 3. The van der Waals surface area contributed by atoms with Crippen molar-refractivity contribution in [2.45, 2.75) is 39.0 Å². The SMILES string of the molecule is CCc1ccc(-c2nc(C3CCNCC3)sc2C)cc1. The summed E-state index contributed by atoms with van der Waals surface area (Å²) in [5, 5.41) is 4.76. The number of benzene rings is 1. The summed E-state index contributed by atoms with van der Waals surface area (Å²) in [6.45, 7) is 6.65. The summed E-state index contributed by atoms with van der Waals surface area (Å²) in [6, 6.07) is 8.87. The summed E-state index contributed by atoms with van der Waals surface area (Å²) in [7, 11) is 0. The van der Waals surface area contributed by atoms with Crippen LogP contribution in [0.3, 0.4) is 0 Å². The fraction of sp³-hybridized carbons (Fsp3) is 0.471. The molecular weight excluding hydrogens is 264 g/mol. The first-order valence-corrected chi connectivity index (χ1v) is 8.37. The molecule has 0 radical (unpaired) electrons. The van der Waals surface area contributed by atoms with E-state index in [1.165, 1.54) is 39.5 Å². The Morgan fingerprint density at radius 2 is 1.90 bits per heavy atom. The molecule has 0 unspecified atom stereocenters. The lowest BCUT2D eigenvalue weighted by Gasteiger charge is -2.20. The fourth-order valence-electron chi connectivity index (χ4n) is 2.83. The summed E-state index contributed by atoms with van der Waals surface area (Å²) in [6.07, 6.45) is 3.54. The van der Waals surface area contributed by atoms with Crippen LogP contribution in [0.5, 0.6) is 0 Å². The van der Waals surface area contributed by atoms with E-state index in [9.17, 15) is 0 Å². The predicted molar refractivity (Wildman–Crippen MR) is 86.5 cm³/mol. The molecule has 1 saturated heterocycles. The summed E-state index contributed by atoms with van der Waals surface area (Å²) in [5.74, 6) is 0.656. The van der Waals surface area contributed by atoms with E-state index in [1.807, 2.05) is 11.3 Å². The minimum Gasteiger partial charge on any atom is -0.317 e. The van der Waals surface area contributed by atoms with Crippen LogP contribution in [0.2, 0.25) is 0 Å². The van der Waals surface area contributed by atoms with Gasteiger partial charge < -0.3 is 5.32 Å². The molecule has 2 aromatic rings. The zero-order valence-corrected chi connectivity index (χ0v) is 13.1. The van der Waals surface area contributed by atoms with Crippen molar-refractivity contribution in [2.75, 3.05) is 13.1 Å². The van der Waals surface area contributed by atoms with Crippen LogP contribution in [0.25, 0.3) is 11.3 Å². The van der Waals surface area contributed by atoms with E-state index in [0.717, 1.165) is 19.5 Å². The van der Waals surface area contributed by atoms with Gasteiger partial charge in [-0.15, -0.1) is 11.3 Å². The second kappa shape index (κ2) is 6.06. The summed E-state index contributed by atoms with van der Waals surface area (Å²) in [5.41, 5.74) is 3.84. The van der Waals surface area contributed by atoms with Crippen molar-refractivity contribution < 1.29 is 0 Å². The van der Waals surface area contributed by atoms with Crippen molar-refractivity contribution in [1.82, 2.24) is 10.3 Å². The van der Waals surface area contributed by atoms with E-state index in [1.54, 1.807) is 0 Å². The summed E-state index contributed by atoms with van der Waals surface area (Å²) >= 11 is 1.89. The molecule has 1 aromatic heterocycles. The van der Waals surface area contributed by atoms with Crippen LogP contribution in [0.4, 0.5) is 0 Å². The highest BCUT2D eigenvalue weighted by atomic mass is 32.1. The number of piperidine rings is 1. The number of nitrogens with one attached hydrogen (secondary N) is 1. The van der Waals surface area contributed by atoms with Gasteiger partial charge in [-0.25, -0.2) is 4.98 Å². The Hall–Kier alpha value is -1.19. The third-order valence-corrected chi connectivity index (χ3v) is 5.27. The first-order valence-electron chi connectivity index (χ1n) is 7.55. The van der Waals surface area contributed by atoms with Crippen molar-refractivity contribution >= 4 is 11.3 Å². The van der Waals surface area contributed by atoms with E-state index in [0.29, 0.717) is 5.92 Å². The number of hydrogen-bond acceptors (Lipinski definition) is 3. The van der Waals surface area contributed by atoms with E-state index in [2.05, 4.69) is 43.4 Å². The van der Waals surface area contributed by atoms with Crippen LogP contribution in [0.15, 0.2) is 24.3 Å². The van der Waals surface area contributed by atoms with Crippen LogP contribution in [0.1, 0.15) is 41.1 Å². The molecule has 2 heterocycles. The lowest BCUT2D eigenvalue weighted by Crippen LogP contribution is -2.26. The number of hydrogen-bond donors (Lipinski definition) is 1. The Kier molecular flexibility index (Phi) is 4.18. The quantitative estimate of drug-likeness (QED) is 0.917. The van der Waals surface area contributed by atoms with Gasteiger partial charge in [-0.3, -0.25) is 0 Å². The van der Waals surface area contributed by atoms with E-state index < -0.39 is 0 Å². The van der Waals surface area contributed by atoms with Gasteiger partial charge in [0, 0.05) is 16.4 Å². The first-order chi connectivity index (χ1) is 9.78. The van der Waals surface area contributed by atoms with Gasteiger partial charge in [0.05, 0.1) is 10.7 Å². The molecule has 20 heavy (non-hydrogen) atoms. The Balaban J connectivity index is 1.87. The highest BCUT2D eigenvalue weighted by Gasteiger charge is 2.20. The Morgan fingerprint density at radius 1 is 1.20 bits per heavy atom. The molecular formula is C17H22N2S. The molecule has 1 aliphatic rings. The van der Waals surface area contributed by atoms with E-state index >= 15 is 0 Å². The minimum absolute atomic E-state index is 0.656. The van der Waals surface area contributed by atoms with Crippen molar-refractivity contribution in [3.8, 4) is 11.3 Å². The van der Waals surface area contributed by atoms with Gasteiger partial charge in [0.15, 0.2) is 0 Å². The molecule has 3 rings (SSSR count). The van der Waals surface area contributed by atoms with Gasteiger partial charge in [-0.05, 0) is 44.8 Å². The average Bonchev–Trinajstić information content (AvgIpc) is 2.90. The van der Waals surface area contributed by atoms with Crippen LogP contribution in [-0.2, 0) is 6.42 Å². The molecule has 3 heteroatoms. The largest absolute Gasteiger partial charge is 0.317 e. The van der Waals surface area contributed by atoms with Crippen LogP contribution in [-0.4, -0.2) is 18.1 Å².